The van der Waals surface area contributed by atoms with Crippen LogP contribution in [-0.4, -0.2) is 26.7 Å². The second-order valence-electron chi connectivity index (χ2n) is 5.38. The average molecular weight is 335 g/mol. The molecule has 0 bridgehead atoms. The summed E-state index contributed by atoms with van der Waals surface area (Å²) in [5.74, 6) is 0.782. The number of nitrogens with two attached hydrogens (primary N) is 1. The number of carbonyl (C=O) groups excluding carboxylic acids is 2. The number of nitrogens with one attached hydrogen (secondary N) is 1. The van der Waals surface area contributed by atoms with Gasteiger partial charge in [0.25, 0.3) is 0 Å². The number of amides is 3. The summed E-state index contributed by atoms with van der Waals surface area (Å²) in [6.45, 7) is 0.281. The van der Waals surface area contributed by atoms with Gasteiger partial charge in [0.1, 0.15) is 0 Å². The number of imide groups is 1. The van der Waals surface area contributed by atoms with Crippen molar-refractivity contribution in [3.8, 4) is 22.8 Å². The molecular weight excluding hydrogens is 318 g/mol. The molecule has 0 fully saturated rings. The van der Waals surface area contributed by atoms with Crippen LogP contribution < -0.4 is 11.1 Å². The smallest absolute Gasteiger partial charge is 0.318 e. The van der Waals surface area contributed by atoms with Crippen LogP contribution in [0.2, 0.25) is 0 Å². The fraction of sp³-hybridized carbons (Fsp3) is 0.111. The summed E-state index contributed by atoms with van der Waals surface area (Å²) in [6, 6.07) is 18.3. The first kappa shape index (κ1) is 16.4. The second kappa shape index (κ2) is 7.39. The van der Waals surface area contributed by atoms with Crippen molar-refractivity contribution < 1.29 is 9.59 Å². The molecule has 0 atom stereocenters. The monoisotopic (exact) mass is 335 g/mol. The normalized spacial score (nSPS) is 10.4. The van der Waals surface area contributed by atoms with Crippen LogP contribution in [0.25, 0.3) is 22.8 Å². The van der Waals surface area contributed by atoms with Gasteiger partial charge >= 0.3 is 6.03 Å². The van der Waals surface area contributed by atoms with E-state index in [1.165, 1.54) is 0 Å². The van der Waals surface area contributed by atoms with Gasteiger partial charge in [-0.05, 0) is 0 Å². The summed E-state index contributed by atoms with van der Waals surface area (Å²) in [5, 5.41) is 6.57. The van der Waals surface area contributed by atoms with Crippen LogP contribution in [0.15, 0.2) is 60.7 Å². The Labute approximate surface area is 144 Å². The van der Waals surface area contributed by atoms with Crippen LogP contribution in [0.5, 0.6) is 0 Å². The predicted octanol–water partition coefficient (Wildman–Crippen LogP) is 2.20. The number of nitrogens with zero attached hydrogens (tertiary/aromatic N) is 3. The molecule has 3 rings (SSSR count). The summed E-state index contributed by atoms with van der Waals surface area (Å²) >= 11 is 0. The Morgan fingerprint density at radius 2 is 1.56 bits per heavy atom. The number of primary amides is 1. The van der Waals surface area contributed by atoms with E-state index >= 15 is 0 Å². The summed E-state index contributed by atoms with van der Waals surface area (Å²) in [7, 11) is 0. The molecule has 2 aromatic carbocycles. The number of hydrogen-bond donors (Lipinski definition) is 2. The Hall–Kier alpha value is -3.48. The quantitative estimate of drug-likeness (QED) is 0.746. The predicted molar refractivity (Wildman–Crippen MR) is 93.2 cm³/mol. The molecule has 0 unspecified atom stereocenters. The highest BCUT2D eigenvalue weighted by Crippen LogP contribution is 2.22. The third kappa shape index (κ3) is 4.08. The van der Waals surface area contributed by atoms with Crippen LogP contribution in [0.1, 0.15) is 6.42 Å². The van der Waals surface area contributed by atoms with Crippen molar-refractivity contribution in [2.45, 2.75) is 13.0 Å². The third-order valence-electron chi connectivity index (χ3n) is 3.55. The highest BCUT2D eigenvalue weighted by Gasteiger charge is 2.14. The minimum Gasteiger partial charge on any atom is -0.351 e. The summed E-state index contributed by atoms with van der Waals surface area (Å²) < 4.78 is 1.66. The number of benzene rings is 2. The number of aryl methyl sites for hydroxylation is 1. The van der Waals surface area contributed by atoms with Gasteiger partial charge in [0.15, 0.2) is 11.6 Å². The topological polar surface area (TPSA) is 103 Å². The number of rotatable bonds is 5. The largest absolute Gasteiger partial charge is 0.351 e. The van der Waals surface area contributed by atoms with Crippen molar-refractivity contribution >= 4 is 11.9 Å². The molecule has 0 aliphatic rings. The Bertz CT molecular complexity index is 875. The van der Waals surface area contributed by atoms with Crippen molar-refractivity contribution in [2.24, 2.45) is 5.73 Å². The van der Waals surface area contributed by atoms with E-state index in [-0.39, 0.29) is 13.0 Å². The Morgan fingerprint density at radius 1 is 0.960 bits per heavy atom. The van der Waals surface area contributed by atoms with E-state index in [1.54, 1.807) is 4.68 Å². The van der Waals surface area contributed by atoms with Crippen LogP contribution in [0.3, 0.4) is 0 Å². The lowest BCUT2D eigenvalue weighted by atomic mass is 10.2. The summed E-state index contributed by atoms with van der Waals surface area (Å²) in [5.41, 5.74) is 6.74. The van der Waals surface area contributed by atoms with Crippen molar-refractivity contribution in [1.82, 2.24) is 20.1 Å². The maximum Gasteiger partial charge on any atom is 0.318 e. The molecule has 0 aliphatic carbocycles. The minimum atomic E-state index is -0.864. The van der Waals surface area contributed by atoms with Crippen molar-refractivity contribution in [3.05, 3.63) is 60.7 Å². The molecule has 0 aliphatic heterocycles. The summed E-state index contributed by atoms with van der Waals surface area (Å²) in [6.07, 6.45) is 0.0698. The molecule has 3 aromatic rings. The first-order valence-electron chi connectivity index (χ1n) is 7.78. The third-order valence-corrected chi connectivity index (χ3v) is 3.55. The molecule has 0 saturated heterocycles. The lowest BCUT2D eigenvalue weighted by molar-refractivity contribution is -0.120. The van der Waals surface area contributed by atoms with E-state index in [9.17, 15) is 9.59 Å². The van der Waals surface area contributed by atoms with E-state index in [0.29, 0.717) is 11.6 Å². The number of hydrogen-bond acceptors (Lipinski definition) is 4. The van der Waals surface area contributed by atoms with Crippen LogP contribution in [0.4, 0.5) is 4.79 Å². The van der Waals surface area contributed by atoms with Gasteiger partial charge in [-0.2, -0.15) is 5.10 Å². The van der Waals surface area contributed by atoms with E-state index < -0.39 is 11.9 Å². The Morgan fingerprint density at radius 3 is 2.16 bits per heavy atom. The first-order chi connectivity index (χ1) is 12.1. The molecule has 0 radical (unpaired) electrons. The molecule has 7 heteroatoms. The fourth-order valence-electron chi connectivity index (χ4n) is 2.42. The molecule has 25 heavy (non-hydrogen) atoms. The molecule has 0 spiro atoms. The first-order valence-corrected chi connectivity index (χ1v) is 7.78. The van der Waals surface area contributed by atoms with Crippen LogP contribution in [0, 0.1) is 0 Å². The number of aromatic nitrogens is 3. The molecule has 1 heterocycles. The standard InChI is InChI=1S/C18H17N5O2/c19-18(25)20-15(24)11-12-23-17(14-9-5-2-6-10-14)21-16(22-23)13-7-3-1-4-8-13/h1-10H,11-12H2,(H3,19,20,24,25). The maximum atomic E-state index is 11.7. The van der Waals surface area contributed by atoms with Gasteiger partial charge in [-0.25, -0.2) is 14.5 Å². The lowest BCUT2D eigenvalue weighted by Gasteiger charge is -2.05. The van der Waals surface area contributed by atoms with Crippen molar-refractivity contribution in [3.63, 3.8) is 0 Å². The molecular formula is C18H17N5O2. The highest BCUT2D eigenvalue weighted by atomic mass is 16.2. The van der Waals surface area contributed by atoms with E-state index in [0.717, 1.165) is 11.1 Å². The molecule has 0 saturated carbocycles. The van der Waals surface area contributed by atoms with Gasteiger partial charge < -0.3 is 5.73 Å². The zero-order chi connectivity index (χ0) is 17.6. The number of carbonyl (C=O) groups is 2. The zero-order valence-corrected chi connectivity index (χ0v) is 13.4. The van der Waals surface area contributed by atoms with Crippen LogP contribution in [-0.2, 0) is 11.3 Å². The number of urea groups is 1. The van der Waals surface area contributed by atoms with Gasteiger partial charge in [-0.1, -0.05) is 60.7 Å². The van der Waals surface area contributed by atoms with Gasteiger partial charge in [0.05, 0.1) is 6.54 Å². The summed E-state index contributed by atoms with van der Waals surface area (Å²) in [4.78, 5) is 27.1. The van der Waals surface area contributed by atoms with Crippen molar-refractivity contribution in [2.75, 3.05) is 0 Å². The van der Waals surface area contributed by atoms with Crippen LogP contribution >= 0.6 is 0 Å². The van der Waals surface area contributed by atoms with Gasteiger partial charge in [0, 0.05) is 17.5 Å². The SMILES string of the molecule is NC(=O)NC(=O)CCn1nc(-c2ccccc2)nc1-c1ccccc1. The minimum absolute atomic E-state index is 0.0698. The fourth-order valence-corrected chi connectivity index (χ4v) is 2.42. The van der Waals surface area contributed by atoms with Gasteiger partial charge in [-0.15, -0.1) is 0 Å². The second-order valence-corrected chi connectivity index (χ2v) is 5.38. The van der Waals surface area contributed by atoms with E-state index in [2.05, 4.69) is 10.1 Å². The van der Waals surface area contributed by atoms with Gasteiger partial charge in [0.2, 0.25) is 5.91 Å². The maximum absolute atomic E-state index is 11.7. The molecule has 3 amide bonds. The Kier molecular flexibility index (Phi) is 4.84. The molecule has 126 valence electrons. The average Bonchev–Trinajstić information content (AvgIpc) is 3.05. The van der Waals surface area contributed by atoms with E-state index in [4.69, 9.17) is 5.73 Å². The van der Waals surface area contributed by atoms with Gasteiger partial charge in [-0.3, -0.25) is 10.1 Å². The molecule has 3 N–H and O–H groups in total. The van der Waals surface area contributed by atoms with Crippen molar-refractivity contribution in [1.29, 1.82) is 0 Å². The Balaban J connectivity index is 1.91. The zero-order valence-electron chi connectivity index (χ0n) is 13.4. The van der Waals surface area contributed by atoms with E-state index in [1.807, 2.05) is 66.0 Å². The molecule has 7 nitrogen and oxygen atoms in total. The lowest BCUT2D eigenvalue weighted by Crippen LogP contribution is -2.35. The molecule has 1 aromatic heterocycles. The highest BCUT2D eigenvalue weighted by molar-refractivity contribution is 5.93.